The van der Waals surface area contributed by atoms with Crippen molar-refractivity contribution >= 4 is 23.2 Å². The second-order valence-electron chi connectivity index (χ2n) is 8.64. The average molecular weight is 425 g/mol. The topological polar surface area (TPSA) is 49.9 Å². The zero-order valence-corrected chi connectivity index (χ0v) is 18.0. The summed E-state index contributed by atoms with van der Waals surface area (Å²) in [5.74, 6) is 1.01. The number of rotatable bonds is 4. The molecule has 5 rings (SSSR count). The number of carbonyl (C=O) groups excluding carboxylic acids is 2. The molecule has 1 aromatic heterocycles. The van der Waals surface area contributed by atoms with Gasteiger partial charge in [-0.2, -0.15) is 0 Å². The molecule has 0 bridgehead atoms. The fourth-order valence-electron chi connectivity index (χ4n) is 5.05. The molecular formula is C24H28N2O3S. The number of carbonyl (C=O) groups is 2. The Morgan fingerprint density at radius 3 is 2.30 bits per heavy atom. The molecule has 1 aliphatic carbocycles. The van der Waals surface area contributed by atoms with Gasteiger partial charge in [-0.15, -0.1) is 11.3 Å². The van der Waals surface area contributed by atoms with Crippen LogP contribution in [0.4, 0.5) is 0 Å². The molecule has 0 spiro atoms. The van der Waals surface area contributed by atoms with E-state index in [-0.39, 0.29) is 17.7 Å². The Morgan fingerprint density at radius 2 is 1.63 bits per heavy atom. The van der Waals surface area contributed by atoms with Crippen LogP contribution in [0.2, 0.25) is 0 Å². The highest BCUT2D eigenvalue weighted by molar-refractivity contribution is 7.10. The molecule has 5 nitrogen and oxygen atoms in total. The van der Waals surface area contributed by atoms with E-state index >= 15 is 0 Å². The summed E-state index contributed by atoms with van der Waals surface area (Å²) in [6, 6.07) is 14.3. The number of nitrogens with zero attached hydrogens (tertiary/aromatic N) is 2. The van der Waals surface area contributed by atoms with E-state index < -0.39 is 5.41 Å². The number of benzene rings is 1. The van der Waals surface area contributed by atoms with Crippen molar-refractivity contribution in [2.45, 2.75) is 30.6 Å². The Morgan fingerprint density at radius 1 is 0.933 bits per heavy atom. The molecule has 158 valence electrons. The first kappa shape index (κ1) is 19.8. The van der Waals surface area contributed by atoms with Crippen LogP contribution in [0.1, 0.15) is 35.6 Å². The zero-order valence-electron chi connectivity index (χ0n) is 17.2. The van der Waals surface area contributed by atoms with Crippen LogP contribution in [0.15, 0.2) is 47.8 Å². The molecule has 2 aliphatic heterocycles. The van der Waals surface area contributed by atoms with Crippen molar-refractivity contribution in [3.05, 3.63) is 58.3 Å². The van der Waals surface area contributed by atoms with Crippen molar-refractivity contribution in [2.24, 2.45) is 5.92 Å². The second-order valence-corrected chi connectivity index (χ2v) is 9.62. The zero-order chi connectivity index (χ0) is 20.6. The van der Waals surface area contributed by atoms with Gasteiger partial charge in [0.1, 0.15) is 0 Å². The van der Waals surface area contributed by atoms with Gasteiger partial charge in [-0.25, -0.2) is 0 Å². The van der Waals surface area contributed by atoms with E-state index in [9.17, 15) is 9.59 Å². The average Bonchev–Trinajstić information content (AvgIpc) is 3.43. The predicted molar refractivity (Wildman–Crippen MR) is 117 cm³/mol. The van der Waals surface area contributed by atoms with Gasteiger partial charge in [-0.05, 0) is 36.3 Å². The summed E-state index contributed by atoms with van der Waals surface area (Å²) in [6.45, 7) is 3.75. The van der Waals surface area contributed by atoms with Crippen molar-refractivity contribution in [1.82, 2.24) is 9.80 Å². The van der Waals surface area contributed by atoms with Gasteiger partial charge in [-0.1, -0.05) is 36.4 Å². The lowest BCUT2D eigenvalue weighted by Gasteiger charge is -2.43. The van der Waals surface area contributed by atoms with E-state index in [2.05, 4.69) is 29.6 Å². The summed E-state index contributed by atoms with van der Waals surface area (Å²) in [5.41, 5.74) is 0.598. The third-order valence-electron chi connectivity index (χ3n) is 6.98. The maximum absolute atomic E-state index is 13.7. The molecule has 3 heterocycles. The van der Waals surface area contributed by atoms with Crippen LogP contribution in [0.5, 0.6) is 0 Å². The quantitative estimate of drug-likeness (QED) is 0.757. The third kappa shape index (κ3) is 3.56. The molecular weight excluding hydrogens is 396 g/mol. The fourth-order valence-corrected chi connectivity index (χ4v) is 5.96. The maximum Gasteiger partial charge on any atom is 0.233 e. The molecule has 0 unspecified atom stereocenters. The van der Waals surface area contributed by atoms with Gasteiger partial charge in [0.25, 0.3) is 0 Å². The minimum atomic E-state index is -0.494. The summed E-state index contributed by atoms with van der Waals surface area (Å²) in [5, 5.41) is 2.08. The molecule has 1 aromatic carbocycles. The highest BCUT2D eigenvalue weighted by atomic mass is 32.1. The van der Waals surface area contributed by atoms with Gasteiger partial charge >= 0.3 is 0 Å². The van der Waals surface area contributed by atoms with Gasteiger partial charge in [0.2, 0.25) is 11.8 Å². The number of hydrogen-bond acceptors (Lipinski definition) is 4. The number of hydrogen-bond donors (Lipinski definition) is 0. The van der Waals surface area contributed by atoms with E-state index in [1.165, 1.54) is 4.88 Å². The summed E-state index contributed by atoms with van der Waals surface area (Å²) < 4.78 is 5.58. The summed E-state index contributed by atoms with van der Waals surface area (Å²) in [7, 11) is 0. The first-order chi connectivity index (χ1) is 14.7. The van der Waals surface area contributed by atoms with Crippen LogP contribution in [0, 0.1) is 5.92 Å². The third-order valence-corrected chi connectivity index (χ3v) is 7.98. The summed E-state index contributed by atoms with van der Waals surface area (Å²) in [6.07, 6.45) is 2.41. The Kier molecular flexibility index (Phi) is 5.37. The van der Waals surface area contributed by atoms with E-state index in [0.29, 0.717) is 45.3 Å². The molecule has 30 heavy (non-hydrogen) atoms. The Balaban J connectivity index is 1.23. The van der Waals surface area contributed by atoms with Crippen LogP contribution < -0.4 is 0 Å². The van der Waals surface area contributed by atoms with E-state index in [1.54, 1.807) is 11.3 Å². The Bertz CT molecular complexity index is 884. The lowest BCUT2D eigenvalue weighted by molar-refractivity contribution is -0.146. The first-order valence-electron chi connectivity index (χ1n) is 10.9. The molecule has 6 heteroatoms. The van der Waals surface area contributed by atoms with Crippen molar-refractivity contribution in [3.63, 3.8) is 0 Å². The molecule has 3 fully saturated rings. The molecule has 2 aromatic rings. The normalized spacial score (nSPS) is 25.7. The van der Waals surface area contributed by atoms with E-state index in [0.717, 1.165) is 24.8 Å². The maximum atomic E-state index is 13.7. The van der Waals surface area contributed by atoms with Crippen LogP contribution in [-0.4, -0.2) is 61.0 Å². The van der Waals surface area contributed by atoms with Crippen LogP contribution in [-0.2, 0) is 19.7 Å². The monoisotopic (exact) mass is 424 g/mol. The largest absolute Gasteiger partial charge is 0.381 e. The first-order valence-corrected chi connectivity index (χ1v) is 11.8. The van der Waals surface area contributed by atoms with Gasteiger partial charge in [0.15, 0.2) is 0 Å². The minimum Gasteiger partial charge on any atom is -0.381 e. The molecule has 0 N–H and O–H groups in total. The fraction of sp³-hybridized carbons (Fsp3) is 0.500. The van der Waals surface area contributed by atoms with Crippen LogP contribution in [0.25, 0.3) is 0 Å². The predicted octanol–water partition coefficient (Wildman–Crippen LogP) is 3.27. The van der Waals surface area contributed by atoms with Gasteiger partial charge in [-0.3, -0.25) is 9.59 Å². The second kappa shape index (κ2) is 8.16. The Labute approximate surface area is 181 Å². The molecule has 2 amide bonds. The number of piperazine rings is 1. The minimum absolute atomic E-state index is 0.136. The van der Waals surface area contributed by atoms with Gasteiger partial charge in [0.05, 0.1) is 5.41 Å². The smallest absolute Gasteiger partial charge is 0.233 e. The number of thiophene rings is 1. The Hall–Kier alpha value is -2.18. The highest BCUT2D eigenvalue weighted by Crippen LogP contribution is 2.50. The number of ether oxygens (including phenoxy) is 1. The molecule has 0 radical (unpaired) electrons. The SMILES string of the molecule is O=C([C@@H]1C[C@H]1c1cccs1)N1CCN(C(=O)C2(c3ccccc3)CCOCC2)CC1. The standard InChI is InChI=1S/C24H28N2O3S/c27-22(20-17-19(20)21-7-4-16-30-21)25-10-12-26(13-11-25)23(28)24(8-14-29-15-9-24)18-5-2-1-3-6-18/h1-7,16,19-20H,8-15,17H2/t19-,20-/m1/s1. The molecule has 3 aliphatic rings. The molecule has 2 saturated heterocycles. The van der Waals surface area contributed by atoms with Crippen molar-refractivity contribution in [2.75, 3.05) is 39.4 Å². The van der Waals surface area contributed by atoms with E-state index in [1.807, 2.05) is 28.0 Å². The lowest BCUT2D eigenvalue weighted by atomic mass is 9.73. The van der Waals surface area contributed by atoms with E-state index in [4.69, 9.17) is 4.74 Å². The van der Waals surface area contributed by atoms with Crippen molar-refractivity contribution < 1.29 is 14.3 Å². The molecule has 1 saturated carbocycles. The summed E-state index contributed by atoms with van der Waals surface area (Å²) in [4.78, 5) is 31.9. The van der Waals surface area contributed by atoms with Crippen molar-refractivity contribution in [3.8, 4) is 0 Å². The van der Waals surface area contributed by atoms with Gasteiger partial charge in [0, 0.05) is 56.1 Å². The van der Waals surface area contributed by atoms with Crippen LogP contribution >= 0.6 is 11.3 Å². The highest BCUT2D eigenvalue weighted by Gasteiger charge is 2.48. The molecule has 2 atom stereocenters. The van der Waals surface area contributed by atoms with Crippen LogP contribution in [0.3, 0.4) is 0 Å². The number of amides is 2. The van der Waals surface area contributed by atoms with Gasteiger partial charge < -0.3 is 14.5 Å². The lowest BCUT2D eigenvalue weighted by Crippen LogP contribution is -2.57. The summed E-state index contributed by atoms with van der Waals surface area (Å²) >= 11 is 1.75. The van der Waals surface area contributed by atoms with Crippen molar-refractivity contribution in [1.29, 1.82) is 0 Å².